The van der Waals surface area contributed by atoms with Crippen molar-refractivity contribution < 1.29 is 4.74 Å². The molecule has 2 nitrogen and oxygen atoms in total. The quantitative estimate of drug-likeness (QED) is 0.661. The standard InChI is InChI=1S/C11H25NO/c1-9(2)7-6-8-11(12-4)10(3)13-5/h9-12H,6-8H2,1-5H3. The molecule has 0 spiro atoms. The third kappa shape index (κ3) is 6.05. The van der Waals surface area contributed by atoms with Gasteiger partial charge in [-0.2, -0.15) is 0 Å². The van der Waals surface area contributed by atoms with E-state index in [-0.39, 0.29) is 0 Å². The van der Waals surface area contributed by atoms with Crippen molar-refractivity contribution in [1.29, 1.82) is 0 Å². The van der Waals surface area contributed by atoms with Gasteiger partial charge in [-0.3, -0.25) is 0 Å². The van der Waals surface area contributed by atoms with Crippen LogP contribution in [0.5, 0.6) is 0 Å². The number of hydrogen-bond acceptors (Lipinski definition) is 2. The first-order chi connectivity index (χ1) is 6.11. The number of likely N-dealkylation sites (N-methyl/N-ethyl adjacent to an activating group) is 1. The summed E-state index contributed by atoms with van der Waals surface area (Å²) in [7, 11) is 3.78. The average Bonchev–Trinajstić information content (AvgIpc) is 2.11. The van der Waals surface area contributed by atoms with E-state index in [2.05, 4.69) is 26.1 Å². The highest BCUT2D eigenvalue weighted by atomic mass is 16.5. The van der Waals surface area contributed by atoms with E-state index < -0.39 is 0 Å². The van der Waals surface area contributed by atoms with Crippen LogP contribution in [0.15, 0.2) is 0 Å². The molecule has 80 valence electrons. The Morgan fingerprint density at radius 2 is 1.77 bits per heavy atom. The second-order valence-corrected chi connectivity index (χ2v) is 4.16. The second-order valence-electron chi connectivity index (χ2n) is 4.16. The number of methoxy groups -OCH3 is 1. The second kappa shape index (κ2) is 7.34. The third-order valence-corrected chi connectivity index (χ3v) is 2.61. The summed E-state index contributed by atoms with van der Waals surface area (Å²) in [5, 5.41) is 3.30. The molecule has 0 saturated carbocycles. The Bertz CT molecular complexity index is 115. The molecule has 2 heteroatoms. The molecular formula is C11H25NO. The van der Waals surface area contributed by atoms with E-state index in [1.807, 2.05) is 7.05 Å². The van der Waals surface area contributed by atoms with Gasteiger partial charge in [0.05, 0.1) is 6.10 Å². The molecule has 0 heterocycles. The molecule has 2 atom stereocenters. The first kappa shape index (κ1) is 12.9. The van der Waals surface area contributed by atoms with Crippen molar-refractivity contribution >= 4 is 0 Å². The minimum atomic E-state index is 0.317. The molecule has 0 fully saturated rings. The Morgan fingerprint density at radius 1 is 1.15 bits per heavy atom. The van der Waals surface area contributed by atoms with Gasteiger partial charge in [0.2, 0.25) is 0 Å². The van der Waals surface area contributed by atoms with Gasteiger partial charge in [0, 0.05) is 13.2 Å². The molecule has 0 aliphatic carbocycles. The zero-order valence-corrected chi connectivity index (χ0v) is 9.76. The smallest absolute Gasteiger partial charge is 0.0696 e. The number of nitrogens with one attached hydrogen (secondary N) is 1. The van der Waals surface area contributed by atoms with Crippen molar-refractivity contribution in [3.63, 3.8) is 0 Å². The summed E-state index contributed by atoms with van der Waals surface area (Å²) in [6, 6.07) is 0.503. The molecule has 0 saturated heterocycles. The fourth-order valence-electron chi connectivity index (χ4n) is 1.52. The van der Waals surface area contributed by atoms with Crippen LogP contribution in [-0.2, 0) is 4.74 Å². The van der Waals surface area contributed by atoms with Gasteiger partial charge in [0.15, 0.2) is 0 Å². The summed E-state index contributed by atoms with van der Waals surface area (Å²) in [4.78, 5) is 0. The van der Waals surface area contributed by atoms with Crippen LogP contribution in [0.3, 0.4) is 0 Å². The van der Waals surface area contributed by atoms with Crippen LogP contribution >= 0.6 is 0 Å². The maximum atomic E-state index is 5.30. The maximum absolute atomic E-state index is 5.30. The predicted octanol–water partition coefficient (Wildman–Crippen LogP) is 2.44. The lowest BCUT2D eigenvalue weighted by Gasteiger charge is -2.22. The van der Waals surface area contributed by atoms with Crippen molar-refractivity contribution in [3.05, 3.63) is 0 Å². The van der Waals surface area contributed by atoms with Gasteiger partial charge in [-0.05, 0) is 26.3 Å². The molecule has 0 aromatic carbocycles. The van der Waals surface area contributed by atoms with Crippen molar-refractivity contribution in [2.45, 2.75) is 52.2 Å². The van der Waals surface area contributed by atoms with Gasteiger partial charge in [0.25, 0.3) is 0 Å². The predicted molar refractivity (Wildman–Crippen MR) is 58.0 cm³/mol. The molecule has 0 aromatic rings. The van der Waals surface area contributed by atoms with Gasteiger partial charge in [-0.25, -0.2) is 0 Å². The highest BCUT2D eigenvalue weighted by molar-refractivity contribution is 4.71. The number of ether oxygens (including phenoxy) is 1. The van der Waals surface area contributed by atoms with E-state index in [0.717, 1.165) is 5.92 Å². The average molecular weight is 187 g/mol. The Hall–Kier alpha value is -0.0800. The van der Waals surface area contributed by atoms with Crippen LogP contribution in [0.25, 0.3) is 0 Å². The lowest BCUT2D eigenvalue weighted by Crippen LogP contribution is -2.36. The zero-order valence-electron chi connectivity index (χ0n) is 9.76. The molecule has 0 aromatic heterocycles. The Labute approximate surface area is 83.1 Å². The van der Waals surface area contributed by atoms with Crippen molar-refractivity contribution in [3.8, 4) is 0 Å². The zero-order chi connectivity index (χ0) is 10.3. The molecule has 2 unspecified atom stereocenters. The highest BCUT2D eigenvalue weighted by Crippen LogP contribution is 2.11. The first-order valence-corrected chi connectivity index (χ1v) is 5.31. The monoisotopic (exact) mass is 187 g/mol. The fraction of sp³-hybridized carbons (Fsp3) is 1.00. The van der Waals surface area contributed by atoms with E-state index in [4.69, 9.17) is 4.74 Å². The Balaban J connectivity index is 3.59. The van der Waals surface area contributed by atoms with Crippen molar-refractivity contribution in [2.24, 2.45) is 5.92 Å². The largest absolute Gasteiger partial charge is 0.380 e. The van der Waals surface area contributed by atoms with E-state index in [1.165, 1.54) is 19.3 Å². The molecular weight excluding hydrogens is 162 g/mol. The maximum Gasteiger partial charge on any atom is 0.0696 e. The van der Waals surface area contributed by atoms with Crippen LogP contribution in [-0.4, -0.2) is 26.3 Å². The van der Waals surface area contributed by atoms with Crippen molar-refractivity contribution in [1.82, 2.24) is 5.32 Å². The molecule has 0 aliphatic heterocycles. The summed E-state index contributed by atoms with van der Waals surface area (Å²) in [6.07, 6.45) is 4.13. The van der Waals surface area contributed by atoms with Crippen LogP contribution in [0.4, 0.5) is 0 Å². The molecule has 1 N–H and O–H groups in total. The third-order valence-electron chi connectivity index (χ3n) is 2.61. The summed E-state index contributed by atoms with van der Waals surface area (Å²) in [5.41, 5.74) is 0. The summed E-state index contributed by atoms with van der Waals surface area (Å²) < 4.78 is 5.30. The van der Waals surface area contributed by atoms with E-state index in [0.29, 0.717) is 12.1 Å². The minimum Gasteiger partial charge on any atom is -0.380 e. The molecule has 13 heavy (non-hydrogen) atoms. The van der Waals surface area contributed by atoms with E-state index in [1.54, 1.807) is 7.11 Å². The Kier molecular flexibility index (Phi) is 7.29. The highest BCUT2D eigenvalue weighted by Gasteiger charge is 2.13. The van der Waals surface area contributed by atoms with Gasteiger partial charge in [-0.15, -0.1) is 0 Å². The summed E-state index contributed by atoms with van der Waals surface area (Å²) in [6.45, 7) is 6.67. The lowest BCUT2D eigenvalue weighted by molar-refractivity contribution is 0.0815. The van der Waals surface area contributed by atoms with Gasteiger partial charge >= 0.3 is 0 Å². The molecule has 0 radical (unpaired) electrons. The molecule has 0 bridgehead atoms. The molecule has 0 amide bonds. The van der Waals surface area contributed by atoms with Crippen LogP contribution in [0.1, 0.15) is 40.0 Å². The van der Waals surface area contributed by atoms with E-state index >= 15 is 0 Å². The van der Waals surface area contributed by atoms with Crippen LogP contribution in [0.2, 0.25) is 0 Å². The van der Waals surface area contributed by atoms with Crippen LogP contribution < -0.4 is 5.32 Å². The van der Waals surface area contributed by atoms with Gasteiger partial charge < -0.3 is 10.1 Å². The lowest BCUT2D eigenvalue weighted by atomic mass is 10.0. The molecule has 0 aliphatic rings. The topological polar surface area (TPSA) is 21.3 Å². The first-order valence-electron chi connectivity index (χ1n) is 5.31. The number of rotatable bonds is 7. The summed E-state index contributed by atoms with van der Waals surface area (Å²) in [5.74, 6) is 0.815. The normalized spacial score (nSPS) is 16.2. The van der Waals surface area contributed by atoms with Gasteiger partial charge in [-0.1, -0.05) is 26.7 Å². The van der Waals surface area contributed by atoms with Crippen molar-refractivity contribution in [2.75, 3.05) is 14.2 Å². The minimum absolute atomic E-state index is 0.317. The Morgan fingerprint density at radius 3 is 2.15 bits per heavy atom. The van der Waals surface area contributed by atoms with Crippen LogP contribution in [0, 0.1) is 5.92 Å². The van der Waals surface area contributed by atoms with Gasteiger partial charge in [0.1, 0.15) is 0 Å². The van der Waals surface area contributed by atoms with E-state index in [9.17, 15) is 0 Å². The number of hydrogen-bond donors (Lipinski definition) is 1. The molecule has 0 rings (SSSR count). The SMILES string of the molecule is CNC(CCCC(C)C)C(C)OC. The summed E-state index contributed by atoms with van der Waals surface area (Å²) >= 11 is 0. The fourth-order valence-corrected chi connectivity index (χ4v) is 1.52.